The molecule has 0 nitrogen and oxygen atoms in total. The first-order valence-electron chi connectivity index (χ1n) is 4.54. The minimum atomic E-state index is 1.11. The number of thiophene rings is 1. The van der Waals surface area contributed by atoms with Crippen molar-refractivity contribution in [1.82, 2.24) is 0 Å². The van der Waals surface area contributed by atoms with Crippen LogP contribution in [0.15, 0.2) is 24.1 Å². The smallest absolute Gasteiger partial charge is 0.00802 e. The summed E-state index contributed by atoms with van der Waals surface area (Å²) in [5, 5.41) is 2.20. The lowest BCUT2D eigenvalue weighted by atomic mass is 10.1. The van der Waals surface area contributed by atoms with Crippen LogP contribution in [0.2, 0.25) is 0 Å². The highest BCUT2D eigenvalue weighted by Gasteiger charge is 2.01. The molecule has 0 N–H and O–H groups in total. The highest BCUT2D eigenvalue weighted by molar-refractivity contribution is 7.10. The van der Waals surface area contributed by atoms with E-state index in [1.54, 1.807) is 10.4 Å². The van der Waals surface area contributed by atoms with Crippen molar-refractivity contribution in [3.8, 4) is 0 Å². The lowest BCUT2D eigenvalue weighted by Crippen LogP contribution is -1.86. The fraction of sp³-hybridized carbons (Fsp3) is 0.455. The number of hydrogen-bond acceptors (Lipinski definition) is 1. The van der Waals surface area contributed by atoms with E-state index in [9.17, 15) is 0 Å². The topological polar surface area (TPSA) is 0 Å². The highest BCUT2D eigenvalue weighted by Crippen LogP contribution is 2.19. The van der Waals surface area contributed by atoms with Crippen LogP contribution in [0.4, 0.5) is 0 Å². The molecule has 12 heavy (non-hydrogen) atoms. The first-order chi connectivity index (χ1) is 5.88. The molecular weight excluding hydrogens is 164 g/mol. The Balaban J connectivity index is 2.56. The number of allylic oxidation sites excluding steroid dienone is 1. The van der Waals surface area contributed by atoms with Gasteiger partial charge >= 0.3 is 0 Å². The molecule has 0 bridgehead atoms. The van der Waals surface area contributed by atoms with Gasteiger partial charge in [0.05, 0.1) is 0 Å². The molecule has 0 radical (unpaired) electrons. The molecule has 0 atom stereocenters. The monoisotopic (exact) mass is 180 g/mol. The van der Waals surface area contributed by atoms with Crippen molar-refractivity contribution in [3.63, 3.8) is 0 Å². The van der Waals surface area contributed by atoms with Crippen LogP contribution in [-0.2, 0) is 12.8 Å². The number of hydrogen-bond donors (Lipinski definition) is 0. The molecule has 66 valence electrons. The fourth-order valence-electron chi connectivity index (χ4n) is 1.31. The van der Waals surface area contributed by atoms with Crippen LogP contribution in [0, 0.1) is 0 Å². The van der Waals surface area contributed by atoms with Crippen LogP contribution >= 0.6 is 11.3 Å². The molecule has 0 unspecified atom stereocenters. The maximum absolute atomic E-state index is 3.74. The van der Waals surface area contributed by atoms with Gasteiger partial charge in [0.2, 0.25) is 0 Å². The number of aryl methyl sites for hydroxylation is 2. The minimum absolute atomic E-state index is 1.11. The van der Waals surface area contributed by atoms with E-state index in [1.165, 1.54) is 19.3 Å². The SMILES string of the molecule is C=CCCc1sccc1CCC. The van der Waals surface area contributed by atoms with E-state index < -0.39 is 0 Å². The zero-order valence-corrected chi connectivity index (χ0v) is 8.49. The second kappa shape index (κ2) is 5.15. The summed E-state index contributed by atoms with van der Waals surface area (Å²) < 4.78 is 0. The summed E-state index contributed by atoms with van der Waals surface area (Å²) in [6, 6.07) is 2.26. The van der Waals surface area contributed by atoms with Crippen LogP contribution in [0.5, 0.6) is 0 Å². The quantitative estimate of drug-likeness (QED) is 0.604. The van der Waals surface area contributed by atoms with Crippen molar-refractivity contribution in [3.05, 3.63) is 34.5 Å². The van der Waals surface area contributed by atoms with Crippen molar-refractivity contribution in [2.75, 3.05) is 0 Å². The molecule has 0 saturated heterocycles. The van der Waals surface area contributed by atoms with Gasteiger partial charge in [-0.15, -0.1) is 17.9 Å². The molecule has 0 spiro atoms. The van der Waals surface area contributed by atoms with Crippen molar-refractivity contribution in [2.45, 2.75) is 32.6 Å². The van der Waals surface area contributed by atoms with Crippen LogP contribution < -0.4 is 0 Å². The van der Waals surface area contributed by atoms with Gasteiger partial charge in [0.15, 0.2) is 0 Å². The standard InChI is InChI=1S/C11H16S/c1-3-5-7-11-10(6-4-2)8-9-12-11/h3,8-9H,1,4-7H2,2H3. The molecule has 0 aromatic carbocycles. The van der Waals surface area contributed by atoms with Gasteiger partial charge in [-0.05, 0) is 36.3 Å². The maximum Gasteiger partial charge on any atom is 0.00802 e. The van der Waals surface area contributed by atoms with Gasteiger partial charge < -0.3 is 0 Å². The molecule has 1 rings (SSSR count). The number of rotatable bonds is 5. The highest BCUT2D eigenvalue weighted by atomic mass is 32.1. The van der Waals surface area contributed by atoms with E-state index >= 15 is 0 Å². The van der Waals surface area contributed by atoms with Gasteiger partial charge in [0, 0.05) is 4.88 Å². The predicted molar refractivity (Wildman–Crippen MR) is 56.8 cm³/mol. The third-order valence-electron chi connectivity index (χ3n) is 1.93. The molecule has 0 amide bonds. The average molecular weight is 180 g/mol. The lowest BCUT2D eigenvalue weighted by Gasteiger charge is -1.99. The van der Waals surface area contributed by atoms with E-state index in [1.807, 2.05) is 17.4 Å². The molecule has 0 aliphatic heterocycles. The maximum atomic E-state index is 3.74. The Kier molecular flexibility index (Phi) is 4.09. The first kappa shape index (κ1) is 9.53. The average Bonchev–Trinajstić information content (AvgIpc) is 2.50. The van der Waals surface area contributed by atoms with Crippen LogP contribution in [0.3, 0.4) is 0 Å². The van der Waals surface area contributed by atoms with Gasteiger partial charge in [-0.1, -0.05) is 19.4 Å². The Labute approximate surface area is 78.9 Å². The summed E-state index contributed by atoms with van der Waals surface area (Å²) in [4.78, 5) is 1.55. The zero-order valence-electron chi connectivity index (χ0n) is 7.68. The Hall–Kier alpha value is -0.560. The first-order valence-corrected chi connectivity index (χ1v) is 5.42. The summed E-state index contributed by atoms with van der Waals surface area (Å²) in [7, 11) is 0. The normalized spacial score (nSPS) is 10.1. The van der Waals surface area contributed by atoms with Crippen LogP contribution in [0.25, 0.3) is 0 Å². The van der Waals surface area contributed by atoms with Crippen molar-refractivity contribution in [1.29, 1.82) is 0 Å². The summed E-state index contributed by atoms with van der Waals surface area (Å²) in [6.07, 6.45) is 6.76. The summed E-state index contributed by atoms with van der Waals surface area (Å²) in [5.41, 5.74) is 1.55. The van der Waals surface area contributed by atoms with Gasteiger partial charge in [-0.25, -0.2) is 0 Å². The summed E-state index contributed by atoms with van der Waals surface area (Å²) >= 11 is 1.88. The third-order valence-corrected chi connectivity index (χ3v) is 2.96. The summed E-state index contributed by atoms with van der Waals surface area (Å²) in [6.45, 7) is 5.97. The predicted octanol–water partition coefficient (Wildman–Crippen LogP) is 3.82. The van der Waals surface area contributed by atoms with E-state index in [0.717, 1.165) is 6.42 Å². The van der Waals surface area contributed by atoms with E-state index in [4.69, 9.17) is 0 Å². The zero-order chi connectivity index (χ0) is 8.81. The molecule has 1 heterocycles. The van der Waals surface area contributed by atoms with Gasteiger partial charge in [-0.2, -0.15) is 0 Å². The van der Waals surface area contributed by atoms with Crippen molar-refractivity contribution < 1.29 is 0 Å². The molecule has 0 aliphatic rings. The molecule has 0 fully saturated rings. The van der Waals surface area contributed by atoms with Gasteiger partial charge in [0.1, 0.15) is 0 Å². The van der Waals surface area contributed by atoms with E-state index in [2.05, 4.69) is 24.9 Å². The van der Waals surface area contributed by atoms with Gasteiger partial charge in [0.25, 0.3) is 0 Å². The second-order valence-corrected chi connectivity index (χ2v) is 3.95. The molecular formula is C11H16S. The Morgan fingerprint density at radius 1 is 1.50 bits per heavy atom. The fourth-order valence-corrected chi connectivity index (χ4v) is 2.27. The van der Waals surface area contributed by atoms with E-state index in [0.29, 0.717) is 0 Å². The Bertz CT molecular complexity index is 235. The van der Waals surface area contributed by atoms with E-state index in [-0.39, 0.29) is 0 Å². The molecule has 0 saturated carbocycles. The second-order valence-electron chi connectivity index (χ2n) is 2.95. The molecule has 1 aromatic heterocycles. The third kappa shape index (κ3) is 2.49. The van der Waals surface area contributed by atoms with Crippen molar-refractivity contribution in [2.24, 2.45) is 0 Å². The minimum Gasteiger partial charge on any atom is -0.149 e. The summed E-state index contributed by atoms with van der Waals surface area (Å²) in [5.74, 6) is 0. The molecule has 0 aliphatic carbocycles. The Morgan fingerprint density at radius 3 is 3.00 bits per heavy atom. The largest absolute Gasteiger partial charge is 0.149 e. The molecule has 1 heteroatoms. The van der Waals surface area contributed by atoms with Crippen molar-refractivity contribution >= 4 is 11.3 Å². The van der Waals surface area contributed by atoms with Crippen LogP contribution in [0.1, 0.15) is 30.2 Å². The molecule has 1 aromatic rings. The lowest BCUT2D eigenvalue weighted by molar-refractivity contribution is 0.899. The van der Waals surface area contributed by atoms with Gasteiger partial charge in [-0.3, -0.25) is 0 Å². The Morgan fingerprint density at radius 2 is 2.33 bits per heavy atom. The van der Waals surface area contributed by atoms with Crippen LogP contribution in [-0.4, -0.2) is 0 Å².